The Balaban J connectivity index is 1.44. The van der Waals surface area contributed by atoms with Crippen molar-refractivity contribution in [2.75, 3.05) is 19.7 Å². The fraction of sp³-hybridized carbons (Fsp3) is 0.474. The molecule has 2 aromatic rings. The minimum atomic E-state index is -0.968. The first-order chi connectivity index (χ1) is 12.0. The number of carbonyl (C=O) groups excluding carboxylic acids is 1. The van der Waals surface area contributed by atoms with E-state index in [0.29, 0.717) is 25.9 Å². The van der Waals surface area contributed by atoms with Gasteiger partial charge in [-0.15, -0.1) is 0 Å². The molecule has 2 heterocycles. The number of aliphatic hydroxyl groups is 1. The Bertz CT molecular complexity index is 702. The number of imidazole rings is 1. The van der Waals surface area contributed by atoms with Crippen molar-refractivity contribution in [1.82, 2.24) is 14.5 Å². The summed E-state index contributed by atoms with van der Waals surface area (Å²) in [6.45, 7) is 3.90. The number of aromatic nitrogens is 2. The third-order valence-electron chi connectivity index (χ3n) is 4.55. The molecule has 0 radical (unpaired) electrons. The average Bonchev–Trinajstić information content (AvgIpc) is 3.23. The monoisotopic (exact) mass is 343 g/mol. The van der Waals surface area contributed by atoms with E-state index in [1.807, 2.05) is 42.0 Å². The van der Waals surface area contributed by atoms with Crippen molar-refractivity contribution in [1.29, 1.82) is 0 Å². The molecular weight excluding hydrogens is 318 g/mol. The Morgan fingerprint density at radius 1 is 1.44 bits per heavy atom. The van der Waals surface area contributed by atoms with E-state index in [1.54, 1.807) is 17.4 Å². The molecule has 1 aromatic heterocycles. The third-order valence-corrected chi connectivity index (χ3v) is 4.55. The maximum absolute atomic E-state index is 12.3. The second kappa shape index (κ2) is 7.70. The van der Waals surface area contributed by atoms with E-state index < -0.39 is 5.60 Å². The van der Waals surface area contributed by atoms with Gasteiger partial charge in [-0.05, 0) is 37.5 Å². The summed E-state index contributed by atoms with van der Waals surface area (Å²) in [7, 11) is 0. The van der Waals surface area contributed by atoms with Crippen molar-refractivity contribution in [3.63, 3.8) is 0 Å². The zero-order valence-corrected chi connectivity index (χ0v) is 14.6. The maximum atomic E-state index is 12.3. The number of rotatable bonds is 7. The molecule has 1 saturated heterocycles. The molecule has 0 aliphatic carbocycles. The minimum Gasteiger partial charge on any atom is -0.491 e. The number of benzene rings is 1. The van der Waals surface area contributed by atoms with E-state index in [9.17, 15) is 9.90 Å². The zero-order chi connectivity index (χ0) is 17.7. The lowest BCUT2D eigenvalue weighted by Gasteiger charge is -2.23. The van der Waals surface area contributed by atoms with E-state index in [0.717, 1.165) is 24.3 Å². The zero-order valence-electron chi connectivity index (χ0n) is 14.6. The Hall–Kier alpha value is -2.34. The van der Waals surface area contributed by atoms with Crippen LogP contribution >= 0.6 is 0 Å². The van der Waals surface area contributed by atoms with Gasteiger partial charge < -0.3 is 19.3 Å². The normalized spacial score (nSPS) is 20.0. The van der Waals surface area contributed by atoms with Crippen molar-refractivity contribution in [3.05, 3.63) is 48.5 Å². The molecule has 1 N–H and O–H groups in total. The minimum absolute atomic E-state index is 0.0894. The number of hydrogen-bond donors (Lipinski definition) is 1. The van der Waals surface area contributed by atoms with Gasteiger partial charge in [-0.2, -0.15) is 0 Å². The largest absolute Gasteiger partial charge is 0.491 e. The molecule has 6 nitrogen and oxygen atoms in total. The lowest BCUT2D eigenvalue weighted by molar-refractivity contribution is -0.131. The van der Waals surface area contributed by atoms with Crippen LogP contribution in [0.15, 0.2) is 43.0 Å². The average molecular weight is 343 g/mol. The van der Waals surface area contributed by atoms with Crippen molar-refractivity contribution in [2.24, 2.45) is 0 Å². The van der Waals surface area contributed by atoms with Crippen LogP contribution in [0.4, 0.5) is 0 Å². The molecule has 0 spiro atoms. The molecule has 1 amide bonds. The van der Waals surface area contributed by atoms with Crippen LogP contribution in [-0.4, -0.2) is 50.8 Å². The lowest BCUT2D eigenvalue weighted by Crippen LogP contribution is -2.40. The highest BCUT2D eigenvalue weighted by atomic mass is 16.5. The van der Waals surface area contributed by atoms with Crippen LogP contribution in [0, 0.1) is 6.92 Å². The molecule has 1 aliphatic rings. The van der Waals surface area contributed by atoms with E-state index in [4.69, 9.17) is 4.74 Å². The summed E-state index contributed by atoms with van der Waals surface area (Å²) in [6.07, 6.45) is 7.17. The Morgan fingerprint density at radius 2 is 2.32 bits per heavy atom. The van der Waals surface area contributed by atoms with Crippen LogP contribution in [0.3, 0.4) is 0 Å². The fourth-order valence-corrected chi connectivity index (χ4v) is 3.10. The molecule has 3 rings (SSSR count). The van der Waals surface area contributed by atoms with Crippen molar-refractivity contribution < 1.29 is 14.6 Å². The van der Waals surface area contributed by atoms with Gasteiger partial charge in [0.1, 0.15) is 18.0 Å². The summed E-state index contributed by atoms with van der Waals surface area (Å²) in [5.41, 5.74) is 0.148. The topological polar surface area (TPSA) is 67.6 Å². The van der Waals surface area contributed by atoms with E-state index in [2.05, 4.69) is 4.98 Å². The summed E-state index contributed by atoms with van der Waals surface area (Å²) in [6, 6.07) is 7.75. The van der Waals surface area contributed by atoms with Gasteiger partial charge in [-0.25, -0.2) is 4.98 Å². The van der Waals surface area contributed by atoms with Gasteiger partial charge in [0.25, 0.3) is 0 Å². The van der Waals surface area contributed by atoms with Gasteiger partial charge >= 0.3 is 0 Å². The number of likely N-dealkylation sites (tertiary alicyclic amines) is 1. The molecule has 1 aromatic carbocycles. The second-order valence-corrected chi connectivity index (χ2v) is 6.80. The summed E-state index contributed by atoms with van der Waals surface area (Å²) in [5.74, 6) is 0.838. The Morgan fingerprint density at radius 3 is 3.08 bits per heavy atom. The molecule has 0 saturated carbocycles. The van der Waals surface area contributed by atoms with Gasteiger partial charge in [-0.1, -0.05) is 12.1 Å². The van der Waals surface area contributed by atoms with Crippen molar-refractivity contribution in [3.8, 4) is 5.75 Å². The van der Waals surface area contributed by atoms with Gasteiger partial charge in [0.2, 0.25) is 5.91 Å². The lowest BCUT2D eigenvalue weighted by atomic mass is 10.1. The highest BCUT2D eigenvalue weighted by Gasteiger charge is 2.38. The first kappa shape index (κ1) is 17.5. The molecule has 1 atom stereocenters. The van der Waals surface area contributed by atoms with E-state index in [-0.39, 0.29) is 12.5 Å². The van der Waals surface area contributed by atoms with E-state index in [1.165, 1.54) is 0 Å². The van der Waals surface area contributed by atoms with Crippen LogP contribution in [0.1, 0.15) is 24.8 Å². The summed E-state index contributed by atoms with van der Waals surface area (Å²) in [5, 5.41) is 10.7. The molecule has 1 unspecified atom stereocenters. The molecule has 0 bridgehead atoms. The summed E-state index contributed by atoms with van der Waals surface area (Å²) < 4.78 is 7.70. The highest BCUT2D eigenvalue weighted by Crippen LogP contribution is 2.24. The van der Waals surface area contributed by atoms with Crippen molar-refractivity contribution >= 4 is 5.91 Å². The molecule has 134 valence electrons. The van der Waals surface area contributed by atoms with E-state index >= 15 is 0 Å². The Kier molecular flexibility index (Phi) is 5.38. The number of hydrogen-bond acceptors (Lipinski definition) is 4. The smallest absolute Gasteiger partial charge is 0.222 e. The molecule has 25 heavy (non-hydrogen) atoms. The van der Waals surface area contributed by atoms with Gasteiger partial charge in [0.15, 0.2) is 0 Å². The number of β-amino-alcohol motifs (C(OH)–C–C–N with tert-alkyl or cyclic N) is 1. The third kappa shape index (κ3) is 4.82. The predicted octanol–water partition coefficient (Wildman–Crippen LogP) is 2.01. The van der Waals surface area contributed by atoms with Crippen LogP contribution in [-0.2, 0) is 11.3 Å². The van der Waals surface area contributed by atoms with Crippen molar-refractivity contribution in [2.45, 2.75) is 38.3 Å². The van der Waals surface area contributed by atoms with Crippen LogP contribution in [0.5, 0.6) is 5.75 Å². The van der Waals surface area contributed by atoms with Crippen LogP contribution < -0.4 is 4.74 Å². The molecular formula is C19H25N3O3. The quantitative estimate of drug-likeness (QED) is 0.835. The molecule has 1 aliphatic heterocycles. The van der Waals surface area contributed by atoms with Crippen LogP contribution in [0.25, 0.3) is 0 Å². The van der Waals surface area contributed by atoms with Crippen LogP contribution in [0.2, 0.25) is 0 Å². The summed E-state index contributed by atoms with van der Waals surface area (Å²) >= 11 is 0. The first-order valence-corrected chi connectivity index (χ1v) is 8.69. The number of nitrogens with zero attached hydrogens (tertiary/aromatic N) is 3. The SMILES string of the molecule is Cc1cccc(OCC2(O)CCN(C(=O)CCCn3ccnc3)C2)c1. The standard InChI is InChI=1S/C19H25N3O3/c1-16-4-2-5-17(12-16)25-14-19(24)7-10-22(13-19)18(23)6-3-9-21-11-8-20-15-21/h2,4-5,8,11-12,15,24H,3,6-7,9-10,13-14H2,1H3. The van der Waals surface area contributed by atoms with Gasteiger partial charge in [0, 0.05) is 31.9 Å². The maximum Gasteiger partial charge on any atom is 0.222 e. The summed E-state index contributed by atoms with van der Waals surface area (Å²) in [4.78, 5) is 18.1. The molecule has 6 heteroatoms. The first-order valence-electron chi connectivity index (χ1n) is 8.69. The number of carbonyl (C=O) groups is 1. The predicted molar refractivity (Wildman–Crippen MR) is 94.3 cm³/mol. The van der Waals surface area contributed by atoms with Gasteiger partial charge in [0.05, 0.1) is 12.9 Å². The highest BCUT2D eigenvalue weighted by molar-refractivity contribution is 5.76. The second-order valence-electron chi connectivity index (χ2n) is 6.80. The number of aryl methyl sites for hydroxylation is 2. The fourth-order valence-electron chi connectivity index (χ4n) is 3.10. The Labute approximate surface area is 148 Å². The number of amides is 1. The molecule has 1 fully saturated rings. The number of ether oxygens (including phenoxy) is 1. The van der Waals surface area contributed by atoms with Gasteiger partial charge in [-0.3, -0.25) is 4.79 Å².